The van der Waals surface area contributed by atoms with E-state index in [0.717, 1.165) is 24.2 Å². The van der Waals surface area contributed by atoms with Gasteiger partial charge < -0.3 is 5.32 Å². The van der Waals surface area contributed by atoms with E-state index in [2.05, 4.69) is 17.2 Å². The fraction of sp³-hybridized carbons (Fsp3) is 0.615. The van der Waals surface area contributed by atoms with Crippen LogP contribution in [0.5, 0.6) is 0 Å². The Kier molecular flexibility index (Phi) is 3.75. The number of nitrogens with zero attached hydrogens (tertiary/aromatic N) is 1. The predicted octanol–water partition coefficient (Wildman–Crippen LogP) is 3.46. The fourth-order valence-corrected chi connectivity index (χ4v) is 2.41. The van der Waals surface area contributed by atoms with Crippen LogP contribution in [0.15, 0.2) is 18.3 Å². The number of hydrogen-bond donors (Lipinski definition) is 1. The van der Waals surface area contributed by atoms with Gasteiger partial charge in [0.25, 0.3) is 0 Å². The molecule has 3 heteroatoms. The van der Waals surface area contributed by atoms with Crippen molar-refractivity contribution in [3.8, 4) is 0 Å². The van der Waals surface area contributed by atoms with E-state index >= 15 is 0 Å². The van der Waals surface area contributed by atoms with E-state index in [1.54, 1.807) is 6.07 Å². The second-order valence-electron chi connectivity index (χ2n) is 4.76. The summed E-state index contributed by atoms with van der Waals surface area (Å²) in [6, 6.07) is 3.14. The monoisotopic (exact) mass is 222 g/mol. The van der Waals surface area contributed by atoms with E-state index in [4.69, 9.17) is 0 Å². The Hall–Kier alpha value is -1.12. The molecule has 0 aromatic carbocycles. The SMILES string of the molecule is CC1CCCCC1CNc1ccc(F)cn1. The summed E-state index contributed by atoms with van der Waals surface area (Å²) < 4.78 is 12.7. The van der Waals surface area contributed by atoms with Gasteiger partial charge >= 0.3 is 0 Å². The van der Waals surface area contributed by atoms with Gasteiger partial charge in [-0.05, 0) is 30.4 Å². The zero-order valence-electron chi connectivity index (χ0n) is 9.75. The van der Waals surface area contributed by atoms with Crippen molar-refractivity contribution in [1.82, 2.24) is 4.98 Å². The molecule has 1 N–H and O–H groups in total. The molecule has 0 bridgehead atoms. The Balaban J connectivity index is 1.84. The maximum absolute atomic E-state index is 12.7. The van der Waals surface area contributed by atoms with Gasteiger partial charge in [-0.1, -0.05) is 26.2 Å². The minimum atomic E-state index is -0.281. The van der Waals surface area contributed by atoms with Crippen molar-refractivity contribution < 1.29 is 4.39 Å². The van der Waals surface area contributed by atoms with Crippen LogP contribution in [0.2, 0.25) is 0 Å². The zero-order chi connectivity index (χ0) is 11.4. The molecule has 0 amide bonds. The lowest BCUT2D eigenvalue weighted by atomic mass is 9.80. The molecule has 88 valence electrons. The van der Waals surface area contributed by atoms with Crippen LogP contribution in [0.25, 0.3) is 0 Å². The van der Waals surface area contributed by atoms with E-state index in [0.29, 0.717) is 0 Å². The highest BCUT2D eigenvalue weighted by atomic mass is 19.1. The molecule has 0 spiro atoms. The van der Waals surface area contributed by atoms with Gasteiger partial charge in [-0.3, -0.25) is 0 Å². The summed E-state index contributed by atoms with van der Waals surface area (Å²) in [5, 5.41) is 3.29. The highest BCUT2D eigenvalue weighted by molar-refractivity contribution is 5.33. The molecule has 1 aliphatic carbocycles. The molecule has 1 aromatic rings. The van der Waals surface area contributed by atoms with Gasteiger partial charge in [0.05, 0.1) is 6.20 Å². The third-order valence-electron chi connectivity index (χ3n) is 3.56. The second kappa shape index (κ2) is 5.28. The van der Waals surface area contributed by atoms with Crippen LogP contribution in [0.1, 0.15) is 32.6 Å². The van der Waals surface area contributed by atoms with Crippen molar-refractivity contribution in [3.63, 3.8) is 0 Å². The smallest absolute Gasteiger partial charge is 0.141 e. The van der Waals surface area contributed by atoms with Crippen molar-refractivity contribution in [2.24, 2.45) is 11.8 Å². The van der Waals surface area contributed by atoms with E-state index in [1.807, 2.05) is 0 Å². The Morgan fingerprint density at radius 2 is 2.19 bits per heavy atom. The number of aromatic nitrogens is 1. The number of nitrogens with one attached hydrogen (secondary N) is 1. The lowest BCUT2D eigenvalue weighted by Crippen LogP contribution is -2.24. The Labute approximate surface area is 96.3 Å². The number of rotatable bonds is 3. The van der Waals surface area contributed by atoms with Gasteiger partial charge in [0, 0.05) is 6.54 Å². The minimum absolute atomic E-state index is 0.281. The first-order chi connectivity index (χ1) is 7.75. The summed E-state index contributed by atoms with van der Waals surface area (Å²) in [5.74, 6) is 2.03. The van der Waals surface area contributed by atoms with Crippen LogP contribution >= 0.6 is 0 Å². The molecule has 1 saturated carbocycles. The molecule has 0 saturated heterocycles. The first-order valence-electron chi connectivity index (χ1n) is 6.11. The molecule has 2 nitrogen and oxygen atoms in total. The average molecular weight is 222 g/mol. The maximum atomic E-state index is 12.7. The predicted molar refractivity (Wildman–Crippen MR) is 63.8 cm³/mol. The third-order valence-corrected chi connectivity index (χ3v) is 3.56. The quantitative estimate of drug-likeness (QED) is 0.847. The lowest BCUT2D eigenvalue weighted by Gasteiger charge is -2.28. The molecule has 2 atom stereocenters. The molecule has 2 rings (SSSR count). The molecule has 1 heterocycles. The van der Waals surface area contributed by atoms with E-state index in [1.165, 1.54) is 37.9 Å². The first-order valence-corrected chi connectivity index (χ1v) is 6.11. The van der Waals surface area contributed by atoms with Gasteiger partial charge in [0.1, 0.15) is 11.6 Å². The molecule has 1 fully saturated rings. The summed E-state index contributed by atoms with van der Waals surface area (Å²) >= 11 is 0. The molecular formula is C13H19FN2. The normalized spacial score (nSPS) is 25.4. The summed E-state index contributed by atoms with van der Waals surface area (Å²) in [7, 11) is 0. The maximum Gasteiger partial charge on any atom is 0.141 e. The number of pyridine rings is 1. The molecule has 1 aromatic heterocycles. The van der Waals surface area contributed by atoms with Crippen LogP contribution in [-0.2, 0) is 0 Å². The Morgan fingerprint density at radius 1 is 1.38 bits per heavy atom. The standard InChI is InChI=1S/C13H19FN2/c1-10-4-2-3-5-11(10)8-15-13-7-6-12(14)9-16-13/h6-7,9-11H,2-5,8H2,1H3,(H,15,16). The van der Waals surface area contributed by atoms with Crippen molar-refractivity contribution >= 4 is 5.82 Å². The summed E-state index contributed by atoms with van der Waals surface area (Å²) in [6.45, 7) is 3.28. The van der Waals surface area contributed by atoms with Crippen molar-refractivity contribution in [2.75, 3.05) is 11.9 Å². The van der Waals surface area contributed by atoms with E-state index in [9.17, 15) is 4.39 Å². The van der Waals surface area contributed by atoms with Gasteiger partial charge in [-0.2, -0.15) is 0 Å². The molecule has 0 aliphatic heterocycles. The number of anilines is 1. The molecule has 0 radical (unpaired) electrons. The second-order valence-corrected chi connectivity index (χ2v) is 4.76. The highest BCUT2D eigenvalue weighted by Gasteiger charge is 2.20. The van der Waals surface area contributed by atoms with Crippen molar-refractivity contribution in [3.05, 3.63) is 24.1 Å². The number of halogens is 1. The highest BCUT2D eigenvalue weighted by Crippen LogP contribution is 2.29. The van der Waals surface area contributed by atoms with Gasteiger partial charge in [0.2, 0.25) is 0 Å². The molecule has 1 aliphatic rings. The van der Waals surface area contributed by atoms with E-state index < -0.39 is 0 Å². The fourth-order valence-electron chi connectivity index (χ4n) is 2.41. The van der Waals surface area contributed by atoms with Crippen LogP contribution in [0.4, 0.5) is 10.2 Å². The van der Waals surface area contributed by atoms with Crippen molar-refractivity contribution in [2.45, 2.75) is 32.6 Å². The first kappa shape index (κ1) is 11.4. The van der Waals surface area contributed by atoms with Crippen molar-refractivity contribution in [1.29, 1.82) is 0 Å². The van der Waals surface area contributed by atoms with Crippen LogP contribution in [-0.4, -0.2) is 11.5 Å². The van der Waals surface area contributed by atoms with Gasteiger partial charge in [-0.15, -0.1) is 0 Å². The largest absolute Gasteiger partial charge is 0.370 e. The number of hydrogen-bond acceptors (Lipinski definition) is 2. The van der Waals surface area contributed by atoms with Gasteiger partial charge in [0.15, 0.2) is 0 Å². The zero-order valence-corrected chi connectivity index (χ0v) is 9.75. The lowest BCUT2D eigenvalue weighted by molar-refractivity contribution is 0.268. The van der Waals surface area contributed by atoms with Crippen LogP contribution in [0, 0.1) is 17.7 Å². The summed E-state index contributed by atoms with van der Waals surface area (Å²) in [5.41, 5.74) is 0. The van der Waals surface area contributed by atoms with Crippen LogP contribution in [0.3, 0.4) is 0 Å². The third kappa shape index (κ3) is 2.94. The molecule has 2 unspecified atom stereocenters. The van der Waals surface area contributed by atoms with E-state index in [-0.39, 0.29) is 5.82 Å². The van der Waals surface area contributed by atoms with Gasteiger partial charge in [-0.25, -0.2) is 9.37 Å². The average Bonchev–Trinajstić information content (AvgIpc) is 2.30. The molecular weight excluding hydrogens is 203 g/mol. The Morgan fingerprint density at radius 3 is 2.88 bits per heavy atom. The Bertz CT molecular complexity index is 323. The summed E-state index contributed by atoms with van der Waals surface area (Å²) in [4.78, 5) is 4.00. The van der Waals surface area contributed by atoms with Crippen LogP contribution < -0.4 is 5.32 Å². The summed E-state index contributed by atoms with van der Waals surface area (Å²) in [6.07, 6.45) is 6.60. The minimum Gasteiger partial charge on any atom is -0.370 e. The molecule has 16 heavy (non-hydrogen) atoms. The topological polar surface area (TPSA) is 24.9 Å².